The van der Waals surface area contributed by atoms with Gasteiger partial charge in [-0.1, -0.05) is 6.07 Å². The van der Waals surface area contributed by atoms with E-state index in [1.165, 1.54) is 0 Å². The molecule has 0 aromatic carbocycles. The molecule has 2 rings (SSSR count). The smallest absolute Gasteiger partial charge is 0.217 e. The monoisotopic (exact) mass is 246 g/mol. The fraction of sp³-hybridized carbons (Fsp3) is 0.385. The molecule has 0 amide bonds. The Morgan fingerprint density at radius 1 is 1.50 bits per heavy atom. The number of aromatic nitrogens is 3. The molecule has 2 aromatic rings. The van der Waals surface area contributed by atoms with E-state index in [0.29, 0.717) is 5.88 Å². The van der Waals surface area contributed by atoms with E-state index in [9.17, 15) is 0 Å². The van der Waals surface area contributed by atoms with Gasteiger partial charge in [0.05, 0.1) is 13.3 Å². The Morgan fingerprint density at radius 2 is 2.33 bits per heavy atom. The number of aryl methyl sites for hydroxylation is 1. The Morgan fingerprint density at radius 3 is 3.00 bits per heavy atom. The van der Waals surface area contributed by atoms with E-state index in [1.54, 1.807) is 13.3 Å². The molecule has 0 saturated carbocycles. The highest BCUT2D eigenvalue weighted by atomic mass is 16.5. The molecule has 0 radical (unpaired) electrons. The van der Waals surface area contributed by atoms with Gasteiger partial charge in [-0.25, -0.2) is 4.98 Å². The summed E-state index contributed by atoms with van der Waals surface area (Å²) >= 11 is 0. The van der Waals surface area contributed by atoms with Crippen LogP contribution in [0.4, 0.5) is 0 Å². The molecule has 0 spiro atoms. The molecule has 96 valence electrons. The summed E-state index contributed by atoms with van der Waals surface area (Å²) in [5, 5.41) is 4.24. The third-order valence-electron chi connectivity index (χ3n) is 2.86. The molecule has 2 heterocycles. The SMILES string of the molecule is CCn1cc(CC(N)c2cccnc2OC)cn1. The lowest BCUT2D eigenvalue weighted by Gasteiger charge is -2.13. The third-order valence-corrected chi connectivity index (χ3v) is 2.86. The van der Waals surface area contributed by atoms with E-state index in [0.717, 1.165) is 24.1 Å². The zero-order chi connectivity index (χ0) is 13.0. The van der Waals surface area contributed by atoms with Gasteiger partial charge in [0.2, 0.25) is 5.88 Å². The zero-order valence-electron chi connectivity index (χ0n) is 10.7. The van der Waals surface area contributed by atoms with Gasteiger partial charge in [0, 0.05) is 30.5 Å². The molecule has 0 aliphatic heterocycles. The van der Waals surface area contributed by atoms with Crippen LogP contribution < -0.4 is 10.5 Å². The van der Waals surface area contributed by atoms with Crippen molar-refractivity contribution in [2.45, 2.75) is 25.9 Å². The van der Waals surface area contributed by atoms with Crippen molar-refractivity contribution in [1.82, 2.24) is 14.8 Å². The average Bonchev–Trinajstić information content (AvgIpc) is 2.86. The first-order chi connectivity index (χ1) is 8.74. The fourth-order valence-electron chi connectivity index (χ4n) is 1.90. The summed E-state index contributed by atoms with van der Waals surface area (Å²) in [6.07, 6.45) is 6.29. The maximum atomic E-state index is 6.20. The minimum atomic E-state index is -0.136. The maximum Gasteiger partial charge on any atom is 0.217 e. The predicted molar refractivity (Wildman–Crippen MR) is 69.3 cm³/mol. The summed E-state index contributed by atoms with van der Waals surface area (Å²) in [6, 6.07) is 3.68. The lowest BCUT2D eigenvalue weighted by molar-refractivity contribution is 0.388. The van der Waals surface area contributed by atoms with Crippen LogP contribution in [0, 0.1) is 0 Å². The highest BCUT2D eigenvalue weighted by Crippen LogP contribution is 2.23. The molecule has 0 saturated heterocycles. The van der Waals surface area contributed by atoms with Gasteiger partial charge in [0.15, 0.2) is 0 Å². The van der Waals surface area contributed by atoms with E-state index in [2.05, 4.69) is 17.0 Å². The highest BCUT2D eigenvalue weighted by Gasteiger charge is 2.13. The van der Waals surface area contributed by atoms with Gasteiger partial charge in [-0.05, 0) is 25.0 Å². The zero-order valence-corrected chi connectivity index (χ0v) is 10.7. The van der Waals surface area contributed by atoms with Crippen LogP contribution >= 0.6 is 0 Å². The lowest BCUT2D eigenvalue weighted by Crippen LogP contribution is -2.14. The molecule has 0 aliphatic rings. The molecule has 5 heteroatoms. The van der Waals surface area contributed by atoms with Crippen LogP contribution in [0.15, 0.2) is 30.7 Å². The van der Waals surface area contributed by atoms with Crippen molar-refractivity contribution in [3.63, 3.8) is 0 Å². The summed E-state index contributed by atoms with van der Waals surface area (Å²) in [5.74, 6) is 0.591. The molecule has 1 unspecified atom stereocenters. The molecule has 5 nitrogen and oxygen atoms in total. The molecule has 18 heavy (non-hydrogen) atoms. The minimum Gasteiger partial charge on any atom is -0.481 e. The van der Waals surface area contributed by atoms with Crippen LogP contribution in [0.5, 0.6) is 5.88 Å². The van der Waals surface area contributed by atoms with Gasteiger partial charge in [0.1, 0.15) is 0 Å². The lowest BCUT2D eigenvalue weighted by atomic mass is 10.0. The minimum absolute atomic E-state index is 0.136. The van der Waals surface area contributed by atoms with E-state index < -0.39 is 0 Å². The topological polar surface area (TPSA) is 66.0 Å². The first-order valence-electron chi connectivity index (χ1n) is 6.00. The van der Waals surface area contributed by atoms with Gasteiger partial charge in [-0.3, -0.25) is 4.68 Å². The van der Waals surface area contributed by atoms with Crippen LogP contribution in [0.3, 0.4) is 0 Å². The van der Waals surface area contributed by atoms with E-state index in [1.807, 2.05) is 29.2 Å². The van der Waals surface area contributed by atoms with Gasteiger partial charge in [0.25, 0.3) is 0 Å². The van der Waals surface area contributed by atoms with Crippen molar-refractivity contribution in [1.29, 1.82) is 0 Å². The molecule has 0 fully saturated rings. The number of nitrogens with zero attached hydrogens (tertiary/aromatic N) is 3. The normalized spacial score (nSPS) is 12.4. The maximum absolute atomic E-state index is 6.20. The second-order valence-electron chi connectivity index (χ2n) is 4.12. The summed E-state index contributed by atoms with van der Waals surface area (Å²) in [6.45, 7) is 2.92. The van der Waals surface area contributed by atoms with Crippen LogP contribution in [0.25, 0.3) is 0 Å². The largest absolute Gasteiger partial charge is 0.481 e. The van der Waals surface area contributed by atoms with Crippen LogP contribution in [0.2, 0.25) is 0 Å². The second kappa shape index (κ2) is 5.64. The molecular formula is C13H18N4O. The molecule has 0 bridgehead atoms. The number of rotatable bonds is 5. The third kappa shape index (κ3) is 2.68. The van der Waals surface area contributed by atoms with E-state index in [4.69, 9.17) is 10.5 Å². The average molecular weight is 246 g/mol. The number of pyridine rings is 1. The predicted octanol–water partition coefficient (Wildman–Crippen LogP) is 1.55. The van der Waals surface area contributed by atoms with Crippen molar-refractivity contribution in [3.05, 3.63) is 41.9 Å². The van der Waals surface area contributed by atoms with Crippen LogP contribution in [-0.2, 0) is 13.0 Å². The standard InChI is InChI=1S/C13H18N4O/c1-3-17-9-10(8-16-17)7-12(14)11-5-4-6-15-13(11)18-2/h4-6,8-9,12H,3,7,14H2,1-2H3. The molecule has 1 atom stereocenters. The van der Waals surface area contributed by atoms with Crippen molar-refractivity contribution in [2.24, 2.45) is 5.73 Å². The summed E-state index contributed by atoms with van der Waals surface area (Å²) in [5.41, 5.74) is 8.24. The fourth-order valence-corrected chi connectivity index (χ4v) is 1.90. The van der Waals surface area contributed by atoms with E-state index in [-0.39, 0.29) is 6.04 Å². The second-order valence-corrected chi connectivity index (χ2v) is 4.12. The molecule has 2 N–H and O–H groups in total. The van der Waals surface area contributed by atoms with Crippen molar-refractivity contribution in [2.75, 3.05) is 7.11 Å². The number of hydrogen-bond donors (Lipinski definition) is 1. The molecule has 2 aromatic heterocycles. The Labute approximate surface area is 107 Å². The molecule has 0 aliphatic carbocycles. The molecular weight excluding hydrogens is 228 g/mol. The van der Waals surface area contributed by atoms with Gasteiger partial charge in [-0.15, -0.1) is 0 Å². The van der Waals surface area contributed by atoms with Gasteiger partial charge >= 0.3 is 0 Å². The number of ether oxygens (including phenoxy) is 1. The number of hydrogen-bond acceptors (Lipinski definition) is 4. The Kier molecular flexibility index (Phi) is 3.94. The first kappa shape index (κ1) is 12.6. The number of nitrogens with two attached hydrogens (primary N) is 1. The highest BCUT2D eigenvalue weighted by molar-refractivity contribution is 5.30. The van der Waals surface area contributed by atoms with Gasteiger partial charge < -0.3 is 10.5 Å². The number of methoxy groups -OCH3 is 1. The first-order valence-corrected chi connectivity index (χ1v) is 6.00. The Bertz CT molecular complexity index is 509. The summed E-state index contributed by atoms with van der Waals surface area (Å²) in [7, 11) is 1.60. The van der Waals surface area contributed by atoms with Crippen molar-refractivity contribution in [3.8, 4) is 5.88 Å². The summed E-state index contributed by atoms with van der Waals surface area (Å²) in [4.78, 5) is 4.16. The van der Waals surface area contributed by atoms with Gasteiger partial charge in [-0.2, -0.15) is 5.10 Å². The Hall–Kier alpha value is -1.88. The van der Waals surface area contributed by atoms with Crippen LogP contribution in [-0.4, -0.2) is 21.9 Å². The van der Waals surface area contributed by atoms with Crippen molar-refractivity contribution >= 4 is 0 Å². The quantitative estimate of drug-likeness (QED) is 0.869. The summed E-state index contributed by atoms with van der Waals surface area (Å²) < 4.78 is 7.11. The van der Waals surface area contributed by atoms with Crippen LogP contribution in [0.1, 0.15) is 24.1 Å². The van der Waals surface area contributed by atoms with Crippen molar-refractivity contribution < 1.29 is 4.74 Å². The van der Waals surface area contributed by atoms with E-state index >= 15 is 0 Å². The Balaban J connectivity index is 2.13.